The minimum Gasteiger partial charge on any atom is -0.449 e. The average molecular weight is 276 g/mol. The normalized spacial score (nSPS) is 14.2. The van der Waals surface area contributed by atoms with Crippen LogP contribution in [0.2, 0.25) is 0 Å². The maximum Gasteiger partial charge on any atom is 0.512 e. The topological polar surface area (TPSA) is 84.4 Å². The molecule has 0 bridgehead atoms. The Balaban J connectivity index is 2.21. The number of aryl methyl sites for hydroxylation is 2. The van der Waals surface area contributed by atoms with Crippen molar-refractivity contribution < 1.29 is 19.4 Å². The van der Waals surface area contributed by atoms with E-state index in [0.717, 1.165) is 30.2 Å². The highest BCUT2D eigenvalue weighted by Gasteiger charge is 2.22. The van der Waals surface area contributed by atoms with Crippen LogP contribution in [-0.4, -0.2) is 28.3 Å². The molecule has 2 aromatic heterocycles. The minimum atomic E-state index is -1.36. The number of aromatic nitrogens is 2. The molecule has 0 spiro atoms. The van der Waals surface area contributed by atoms with Crippen LogP contribution >= 0.6 is 0 Å². The van der Waals surface area contributed by atoms with Crippen molar-refractivity contribution in [2.24, 2.45) is 0 Å². The highest BCUT2D eigenvalue weighted by Crippen LogP contribution is 2.34. The molecule has 1 aliphatic rings. The first-order valence-corrected chi connectivity index (χ1v) is 6.61. The number of aromatic amines is 1. The number of ether oxygens (including phenoxy) is 2. The lowest BCUT2D eigenvalue weighted by molar-refractivity contribution is 0.139. The van der Waals surface area contributed by atoms with Gasteiger partial charge >= 0.3 is 6.16 Å². The lowest BCUT2D eigenvalue weighted by atomic mass is 9.94. The quantitative estimate of drug-likeness (QED) is 0.842. The summed E-state index contributed by atoms with van der Waals surface area (Å²) in [5.41, 5.74) is 4.09. The Kier molecular flexibility index (Phi) is 3.31. The van der Waals surface area contributed by atoms with Gasteiger partial charge in [-0.3, -0.25) is 0 Å². The molecule has 2 N–H and O–H groups in total. The second kappa shape index (κ2) is 5.13. The molecule has 6 heteroatoms. The van der Waals surface area contributed by atoms with Gasteiger partial charge in [0.15, 0.2) is 0 Å². The van der Waals surface area contributed by atoms with E-state index in [4.69, 9.17) is 14.6 Å². The number of hydrogen-bond donors (Lipinski definition) is 2. The first-order valence-electron chi connectivity index (χ1n) is 6.61. The molecule has 0 amide bonds. The molecular formula is C14H16N2O4. The van der Waals surface area contributed by atoms with Crippen LogP contribution in [0.3, 0.4) is 0 Å². The van der Waals surface area contributed by atoms with Crippen LogP contribution in [0.1, 0.15) is 29.7 Å². The van der Waals surface area contributed by atoms with Crippen LogP contribution in [-0.2, 0) is 24.2 Å². The second-order valence-corrected chi connectivity index (χ2v) is 4.92. The summed E-state index contributed by atoms with van der Waals surface area (Å²) >= 11 is 0. The number of fused-ring (bicyclic) bond motifs is 3. The van der Waals surface area contributed by atoms with Gasteiger partial charge in [0.25, 0.3) is 0 Å². The van der Waals surface area contributed by atoms with Crippen LogP contribution in [0.15, 0.2) is 6.20 Å². The van der Waals surface area contributed by atoms with E-state index in [1.807, 2.05) is 0 Å². The summed E-state index contributed by atoms with van der Waals surface area (Å²) in [5.74, 6) is 0.110. The molecule has 2 aromatic rings. The van der Waals surface area contributed by atoms with Gasteiger partial charge in [-0.1, -0.05) is 0 Å². The van der Waals surface area contributed by atoms with Crippen molar-refractivity contribution in [1.82, 2.24) is 9.97 Å². The molecule has 20 heavy (non-hydrogen) atoms. The number of rotatable bonds is 3. The number of pyridine rings is 1. The Bertz CT molecular complexity index is 663. The van der Waals surface area contributed by atoms with Crippen molar-refractivity contribution in [3.63, 3.8) is 0 Å². The highest BCUT2D eigenvalue weighted by atomic mass is 16.7. The summed E-state index contributed by atoms with van der Waals surface area (Å²) < 4.78 is 9.97. The van der Waals surface area contributed by atoms with Crippen molar-refractivity contribution in [2.75, 3.05) is 7.11 Å². The fraction of sp³-hybridized carbons (Fsp3) is 0.429. The number of methoxy groups -OCH3 is 1. The fourth-order valence-corrected chi connectivity index (χ4v) is 2.91. The third-order valence-corrected chi connectivity index (χ3v) is 3.67. The molecule has 3 rings (SSSR count). The van der Waals surface area contributed by atoms with Gasteiger partial charge in [0.2, 0.25) is 5.88 Å². The number of hydrogen-bond acceptors (Lipinski definition) is 4. The third-order valence-electron chi connectivity index (χ3n) is 3.67. The number of nitrogens with one attached hydrogen (secondary N) is 1. The molecule has 0 radical (unpaired) electrons. The molecule has 0 saturated heterocycles. The molecule has 0 saturated carbocycles. The highest BCUT2D eigenvalue weighted by molar-refractivity contribution is 5.89. The summed E-state index contributed by atoms with van der Waals surface area (Å²) in [4.78, 5) is 18.2. The summed E-state index contributed by atoms with van der Waals surface area (Å²) in [7, 11) is 1.57. The molecule has 106 valence electrons. The zero-order valence-corrected chi connectivity index (χ0v) is 11.2. The van der Waals surface area contributed by atoms with Crippen molar-refractivity contribution in [1.29, 1.82) is 0 Å². The zero-order chi connectivity index (χ0) is 14.1. The van der Waals surface area contributed by atoms with Crippen molar-refractivity contribution in [2.45, 2.75) is 32.3 Å². The minimum absolute atomic E-state index is 0.110. The molecule has 2 heterocycles. The van der Waals surface area contributed by atoms with Gasteiger partial charge in [0, 0.05) is 18.2 Å². The van der Waals surface area contributed by atoms with Crippen molar-refractivity contribution in [3.05, 3.63) is 23.0 Å². The monoisotopic (exact) mass is 276 g/mol. The molecule has 0 aromatic carbocycles. The first-order chi connectivity index (χ1) is 9.70. The Morgan fingerprint density at radius 2 is 2.25 bits per heavy atom. The third kappa shape index (κ3) is 2.12. The Hall–Kier alpha value is -2.08. The molecule has 0 fully saturated rings. The van der Waals surface area contributed by atoms with Crippen LogP contribution in [0.4, 0.5) is 4.79 Å². The first kappa shape index (κ1) is 12.9. The summed E-state index contributed by atoms with van der Waals surface area (Å²) in [5, 5.41) is 9.82. The smallest absolute Gasteiger partial charge is 0.449 e. The number of H-pyrrole nitrogens is 1. The Morgan fingerprint density at radius 1 is 1.45 bits per heavy atom. The SMILES string of the molecule is COCc1c(OC(=O)O)ncc2[nH]c3c(c12)CCCC3. The number of carboxylic acid groups (broad SMARTS) is 1. The van der Waals surface area contributed by atoms with E-state index in [9.17, 15) is 4.79 Å². The van der Waals surface area contributed by atoms with E-state index in [0.29, 0.717) is 5.56 Å². The maximum atomic E-state index is 10.8. The van der Waals surface area contributed by atoms with Gasteiger partial charge < -0.3 is 19.6 Å². The molecule has 0 atom stereocenters. The summed E-state index contributed by atoms with van der Waals surface area (Å²) in [6.45, 7) is 0.275. The van der Waals surface area contributed by atoms with Crippen molar-refractivity contribution >= 4 is 17.1 Å². The Morgan fingerprint density at radius 3 is 3.00 bits per heavy atom. The van der Waals surface area contributed by atoms with Gasteiger partial charge in [-0.15, -0.1) is 0 Å². The van der Waals surface area contributed by atoms with Crippen LogP contribution in [0.25, 0.3) is 10.9 Å². The standard InChI is InChI=1S/C14H16N2O4/c1-19-7-9-12-8-4-2-3-5-10(8)16-11(12)6-15-13(9)20-14(17)18/h6,16H,2-5,7H2,1H3,(H,17,18). The van der Waals surface area contributed by atoms with E-state index in [1.54, 1.807) is 13.3 Å². The second-order valence-electron chi connectivity index (χ2n) is 4.92. The van der Waals surface area contributed by atoms with E-state index in [-0.39, 0.29) is 12.5 Å². The van der Waals surface area contributed by atoms with Gasteiger partial charge in [-0.05, 0) is 31.2 Å². The lowest BCUT2D eigenvalue weighted by Crippen LogP contribution is -2.08. The predicted molar refractivity (Wildman–Crippen MR) is 72.1 cm³/mol. The van der Waals surface area contributed by atoms with Gasteiger partial charge in [0.1, 0.15) is 0 Å². The van der Waals surface area contributed by atoms with Crippen molar-refractivity contribution in [3.8, 4) is 5.88 Å². The van der Waals surface area contributed by atoms with E-state index < -0.39 is 6.16 Å². The molecule has 0 unspecified atom stereocenters. The largest absolute Gasteiger partial charge is 0.512 e. The summed E-state index contributed by atoms with van der Waals surface area (Å²) in [6, 6.07) is 0. The van der Waals surface area contributed by atoms with E-state index in [2.05, 4.69) is 9.97 Å². The van der Waals surface area contributed by atoms with Crippen LogP contribution < -0.4 is 4.74 Å². The number of carbonyl (C=O) groups is 1. The molecular weight excluding hydrogens is 260 g/mol. The van der Waals surface area contributed by atoms with Crippen LogP contribution in [0.5, 0.6) is 5.88 Å². The molecule has 1 aliphatic carbocycles. The average Bonchev–Trinajstić information content (AvgIpc) is 2.80. The molecule has 6 nitrogen and oxygen atoms in total. The maximum absolute atomic E-state index is 10.8. The summed E-state index contributed by atoms with van der Waals surface area (Å²) in [6.07, 6.45) is 4.59. The van der Waals surface area contributed by atoms with Gasteiger partial charge in [-0.25, -0.2) is 9.78 Å². The Labute approximate surface area is 115 Å². The lowest BCUT2D eigenvalue weighted by Gasteiger charge is -2.13. The zero-order valence-electron chi connectivity index (χ0n) is 11.2. The van der Waals surface area contributed by atoms with E-state index >= 15 is 0 Å². The van der Waals surface area contributed by atoms with Gasteiger partial charge in [-0.2, -0.15) is 0 Å². The van der Waals surface area contributed by atoms with E-state index in [1.165, 1.54) is 17.7 Å². The van der Waals surface area contributed by atoms with Gasteiger partial charge in [0.05, 0.1) is 23.9 Å². The number of nitrogens with zero attached hydrogens (tertiary/aromatic N) is 1. The van der Waals surface area contributed by atoms with Crippen LogP contribution in [0, 0.1) is 0 Å². The fourth-order valence-electron chi connectivity index (χ4n) is 2.91. The predicted octanol–water partition coefficient (Wildman–Crippen LogP) is 2.64. The molecule has 0 aliphatic heterocycles.